The van der Waals surface area contributed by atoms with Crippen molar-refractivity contribution in [3.63, 3.8) is 0 Å². The molecule has 6 heteroatoms. The molecule has 0 saturated carbocycles. The smallest absolute Gasteiger partial charge is 0.316 e. The number of benzene rings is 1. The third-order valence-corrected chi connectivity index (χ3v) is 2.39. The van der Waals surface area contributed by atoms with E-state index < -0.39 is 40.4 Å². The van der Waals surface area contributed by atoms with Crippen molar-refractivity contribution >= 4 is 11.8 Å². The second kappa shape index (κ2) is 5.36. The second-order valence-corrected chi connectivity index (χ2v) is 3.53. The fraction of sp³-hybridized carbons (Fsp3) is 0.250. The van der Waals surface area contributed by atoms with Gasteiger partial charge in [0.25, 0.3) is 0 Å². The maximum atomic E-state index is 13.5. The van der Waals surface area contributed by atoms with E-state index in [1.54, 1.807) is 0 Å². The van der Waals surface area contributed by atoms with E-state index in [-0.39, 0.29) is 0 Å². The minimum atomic E-state index is -1.24. The molecule has 94 valence electrons. The van der Waals surface area contributed by atoms with Gasteiger partial charge >= 0.3 is 5.97 Å². The van der Waals surface area contributed by atoms with Crippen LogP contribution in [-0.4, -0.2) is 18.9 Å². The van der Waals surface area contributed by atoms with Crippen LogP contribution in [0.25, 0.3) is 0 Å². The molecule has 0 fully saturated rings. The molecule has 0 heterocycles. The van der Waals surface area contributed by atoms with Gasteiger partial charge in [-0.05, 0) is 19.1 Å². The normalized spacial score (nSPS) is 11.5. The first-order valence-corrected chi connectivity index (χ1v) is 4.93. The molecule has 0 saturated heterocycles. The number of hydrogen-bond donors (Lipinski definition) is 0. The number of hydrogen-bond acceptors (Lipinski definition) is 4. The SMILES string of the molecule is COC(=O)C(C)C(=O)c1cc(F)c(C#N)cc1F. The molecule has 0 N–H and O–H groups in total. The molecule has 0 bridgehead atoms. The zero-order valence-electron chi connectivity index (χ0n) is 9.66. The molecule has 1 atom stereocenters. The Labute approximate surface area is 102 Å². The molecule has 0 aliphatic rings. The fourth-order valence-corrected chi connectivity index (χ4v) is 1.34. The van der Waals surface area contributed by atoms with E-state index >= 15 is 0 Å². The van der Waals surface area contributed by atoms with Crippen molar-refractivity contribution in [2.24, 2.45) is 5.92 Å². The monoisotopic (exact) mass is 253 g/mol. The highest BCUT2D eigenvalue weighted by atomic mass is 19.1. The Balaban J connectivity index is 3.19. The molecule has 1 aromatic rings. The number of carbonyl (C=O) groups excluding carboxylic acids is 2. The molecule has 0 aliphatic heterocycles. The van der Waals surface area contributed by atoms with Gasteiger partial charge in [0.2, 0.25) is 0 Å². The predicted octanol–water partition coefficient (Wildman–Crippen LogP) is 1.83. The van der Waals surface area contributed by atoms with E-state index in [0.29, 0.717) is 12.1 Å². The molecule has 0 aliphatic carbocycles. The molecule has 4 nitrogen and oxygen atoms in total. The number of esters is 1. The summed E-state index contributed by atoms with van der Waals surface area (Å²) in [6.07, 6.45) is 0. The Morgan fingerprint density at radius 1 is 1.33 bits per heavy atom. The van der Waals surface area contributed by atoms with E-state index in [2.05, 4.69) is 4.74 Å². The van der Waals surface area contributed by atoms with Crippen LogP contribution in [0.5, 0.6) is 0 Å². The highest BCUT2D eigenvalue weighted by molar-refractivity contribution is 6.08. The van der Waals surface area contributed by atoms with Crippen molar-refractivity contribution in [1.29, 1.82) is 5.26 Å². The molecule has 0 amide bonds. The van der Waals surface area contributed by atoms with Crippen LogP contribution in [0.1, 0.15) is 22.8 Å². The molecular formula is C12H9F2NO3. The van der Waals surface area contributed by atoms with E-state index in [1.807, 2.05) is 0 Å². The average Bonchev–Trinajstić information content (AvgIpc) is 2.38. The molecule has 0 aromatic heterocycles. The van der Waals surface area contributed by atoms with Crippen molar-refractivity contribution in [2.75, 3.05) is 7.11 Å². The minimum absolute atomic E-state index is 0.505. The topological polar surface area (TPSA) is 67.2 Å². The number of ether oxygens (including phenoxy) is 1. The molecule has 1 aromatic carbocycles. The van der Waals surface area contributed by atoms with Gasteiger partial charge in [-0.2, -0.15) is 5.26 Å². The number of ketones is 1. The van der Waals surface area contributed by atoms with Gasteiger partial charge in [0.15, 0.2) is 5.78 Å². The minimum Gasteiger partial charge on any atom is -0.468 e. The number of nitrogens with zero attached hydrogens (tertiary/aromatic N) is 1. The van der Waals surface area contributed by atoms with Crippen molar-refractivity contribution in [3.8, 4) is 6.07 Å². The molecule has 0 spiro atoms. The summed E-state index contributed by atoms with van der Waals surface area (Å²) in [5.74, 6) is -5.04. The Bertz CT molecular complexity index is 549. The van der Waals surface area contributed by atoms with Crippen LogP contribution in [0.3, 0.4) is 0 Å². The summed E-state index contributed by atoms with van der Waals surface area (Å²) in [7, 11) is 1.09. The first-order chi connectivity index (χ1) is 8.42. The number of Topliss-reactive ketones (excluding diaryl/α,β-unsaturated/α-hetero) is 1. The summed E-state index contributed by atoms with van der Waals surface area (Å²) >= 11 is 0. The van der Waals surface area contributed by atoms with Gasteiger partial charge in [0, 0.05) is 0 Å². The van der Waals surface area contributed by atoms with Crippen LogP contribution in [0.4, 0.5) is 8.78 Å². The van der Waals surface area contributed by atoms with Crippen molar-refractivity contribution in [3.05, 3.63) is 34.9 Å². The van der Waals surface area contributed by atoms with Gasteiger partial charge < -0.3 is 4.74 Å². The summed E-state index contributed by atoms with van der Waals surface area (Å²) in [5.41, 5.74) is -1.08. The average molecular weight is 253 g/mol. The van der Waals surface area contributed by atoms with Crippen LogP contribution >= 0.6 is 0 Å². The van der Waals surface area contributed by atoms with E-state index in [0.717, 1.165) is 7.11 Å². The first kappa shape index (κ1) is 13.8. The molecular weight excluding hydrogens is 244 g/mol. The molecule has 0 radical (unpaired) electrons. The lowest BCUT2D eigenvalue weighted by atomic mass is 9.98. The zero-order valence-corrected chi connectivity index (χ0v) is 9.66. The summed E-state index contributed by atoms with van der Waals surface area (Å²) in [6, 6.07) is 2.67. The lowest BCUT2D eigenvalue weighted by Crippen LogP contribution is -2.23. The Hall–Kier alpha value is -2.29. The maximum Gasteiger partial charge on any atom is 0.316 e. The van der Waals surface area contributed by atoms with Gasteiger partial charge in [-0.15, -0.1) is 0 Å². The summed E-state index contributed by atoms with van der Waals surface area (Å²) in [5, 5.41) is 8.49. The number of carbonyl (C=O) groups is 2. The van der Waals surface area contributed by atoms with Crippen molar-refractivity contribution in [1.82, 2.24) is 0 Å². The van der Waals surface area contributed by atoms with Gasteiger partial charge in [0.05, 0.1) is 18.2 Å². The van der Waals surface area contributed by atoms with Gasteiger partial charge in [-0.3, -0.25) is 9.59 Å². The summed E-state index contributed by atoms with van der Waals surface area (Å²) < 4.78 is 31.1. The third-order valence-electron chi connectivity index (χ3n) is 2.39. The number of nitriles is 1. The zero-order chi connectivity index (χ0) is 13.9. The first-order valence-electron chi connectivity index (χ1n) is 4.93. The third kappa shape index (κ3) is 2.51. The van der Waals surface area contributed by atoms with Gasteiger partial charge in [-0.25, -0.2) is 8.78 Å². The second-order valence-electron chi connectivity index (χ2n) is 3.53. The van der Waals surface area contributed by atoms with Crippen LogP contribution in [-0.2, 0) is 9.53 Å². The van der Waals surface area contributed by atoms with E-state index in [4.69, 9.17) is 5.26 Å². The fourth-order valence-electron chi connectivity index (χ4n) is 1.34. The summed E-state index contributed by atoms with van der Waals surface area (Å²) in [6.45, 7) is 1.23. The lowest BCUT2D eigenvalue weighted by Gasteiger charge is -2.09. The Morgan fingerprint density at radius 3 is 2.44 bits per heavy atom. The predicted molar refractivity (Wildman–Crippen MR) is 56.6 cm³/mol. The van der Waals surface area contributed by atoms with Crippen LogP contribution in [0, 0.1) is 28.9 Å². The van der Waals surface area contributed by atoms with Crippen LogP contribution in [0.15, 0.2) is 12.1 Å². The molecule has 1 unspecified atom stereocenters. The molecule has 1 rings (SSSR count). The van der Waals surface area contributed by atoms with Crippen LogP contribution in [0.2, 0.25) is 0 Å². The van der Waals surface area contributed by atoms with Crippen molar-refractivity contribution in [2.45, 2.75) is 6.92 Å². The Kier molecular flexibility index (Phi) is 4.10. The van der Waals surface area contributed by atoms with Gasteiger partial charge in [-0.1, -0.05) is 0 Å². The largest absolute Gasteiger partial charge is 0.468 e. The van der Waals surface area contributed by atoms with E-state index in [1.165, 1.54) is 13.0 Å². The highest BCUT2D eigenvalue weighted by Gasteiger charge is 2.26. The van der Waals surface area contributed by atoms with Gasteiger partial charge in [0.1, 0.15) is 23.6 Å². The number of methoxy groups -OCH3 is 1. The summed E-state index contributed by atoms with van der Waals surface area (Å²) in [4.78, 5) is 22.9. The maximum absolute atomic E-state index is 13.5. The van der Waals surface area contributed by atoms with Crippen LogP contribution < -0.4 is 0 Å². The highest BCUT2D eigenvalue weighted by Crippen LogP contribution is 2.18. The quantitative estimate of drug-likeness (QED) is 0.468. The van der Waals surface area contributed by atoms with Crippen molar-refractivity contribution < 1.29 is 23.1 Å². The lowest BCUT2D eigenvalue weighted by molar-refractivity contribution is -0.143. The van der Waals surface area contributed by atoms with E-state index in [9.17, 15) is 18.4 Å². The standard InChI is InChI=1S/C12H9F2NO3/c1-6(12(17)18-2)11(16)8-4-9(13)7(5-15)3-10(8)14/h3-4,6H,1-2H3. The molecule has 18 heavy (non-hydrogen) atoms. The Morgan fingerprint density at radius 2 is 1.94 bits per heavy atom. The number of halogens is 2. The number of rotatable bonds is 3.